The van der Waals surface area contributed by atoms with Crippen molar-refractivity contribution in [2.45, 2.75) is 50.9 Å². The highest BCUT2D eigenvalue weighted by Crippen LogP contribution is 2.48. The van der Waals surface area contributed by atoms with Crippen molar-refractivity contribution in [2.24, 2.45) is 0 Å². The first-order valence-electron chi connectivity index (χ1n) is 18.4. The predicted octanol–water partition coefficient (Wildman–Crippen LogP) is 12.7. The highest BCUT2D eigenvalue weighted by molar-refractivity contribution is 5.91. The summed E-state index contributed by atoms with van der Waals surface area (Å²) in [6.07, 6.45) is 25.6. The molecule has 10 rings (SSSR count). The minimum absolute atomic E-state index is 0.286. The Kier molecular flexibility index (Phi) is 7.37. The number of benzene rings is 4. The van der Waals surface area contributed by atoms with Gasteiger partial charge < -0.3 is 14.1 Å². The second kappa shape index (κ2) is 12.5. The summed E-state index contributed by atoms with van der Waals surface area (Å²) in [5.41, 5.74) is 14.9. The second-order valence-corrected chi connectivity index (χ2v) is 14.1. The molecule has 3 nitrogen and oxygen atoms in total. The zero-order valence-electron chi connectivity index (χ0n) is 28.6. The first-order chi connectivity index (χ1) is 25.3. The molecule has 0 saturated heterocycles. The lowest BCUT2D eigenvalue weighted by Gasteiger charge is -2.31. The van der Waals surface area contributed by atoms with Crippen LogP contribution in [0.2, 0.25) is 0 Å². The van der Waals surface area contributed by atoms with Crippen molar-refractivity contribution in [2.75, 3.05) is 4.90 Å². The molecule has 0 saturated carbocycles. The van der Waals surface area contributed by atoms with Crippen molar-refractivity contribution < 1.29 is 9.15 Å². The van der Waals surface area contributed by atoms with Gasteiger partial charge in [0.05, 0.1) is 0 Å². The molecule has 1 aromatic heterocycles. The average molecular weight is 662 g/mol. The van der Waals surface area contributed by atoms with Crippen LogP contribution in [0.3, 0.4) is 0 Å². The van der Waals surface area contributed by atoms with E-state index in [-0.39, 0.29) is 5.92 Å². The van der Waals surface area contributed by atoms with Gasteiger partial charge in [0, 0.05) is 50.6 Å². The zero-order valence-corrected chi connectivity index (χ0v) is 28.6. The standard InChI is InChI=1S/C48H39NO2/c1-2-10-32(11-3-1)33-20-26-36(27-21-33)49(37-28-22-34(23-29-37)39-14-8-16-43-41-12-4-6-18-45(41)50-47(39)43)38-30-24-35(25-31-38)40-15-9-17-44-42-13-5-7-19-46(42)51-48(40)44/h1-2,4-8,10,12-15,18-20,22-26,28-31,43H,3,9,11,16-17,21,27H2. The molecule has 1 unspecified atom stereocenters. The van der Waals surface area contributed by atoms with Crippen LogP contribution in [-0.2, 0) is 6.42 Å². The molecule has 4 aromatic carbocycles. The van der Waals surface area contributed by atoms with Gasteiger partial charge in [0.15, 0.2) is 0 Å². The molecule has 0 amide bonds. The van der Waals surface area contributed by atoms with Crippen molar-refractivity contribution in [1.82, 2.24) is 0 Å². The quantitative estimate of drug-likeness (QED) is 0.181. The molecular weight excluding hydrogens is 623 g/mol. The molecule has 248 valence electrons. The number of allylic oxidation sites excluding steroid dienone is 13. The SMILES string of the molecule is C1=CCCC(C2=CC=C(N(c3ccc(C4=CCCc5c4oc4ccccc54)cc3)c3ccc(C4=C5Oc6ccccc6C5CC=C4)cc3)CC2)=C1. The van der Waals surface area contributed by atoms with E-state index >= 15 is 0 Å². The third-order valence-corrected chi connectivity index (χ3v) is 11.2. The summed E-state index contributed by atoms with van der Waals surface area (Å²) < 4.78 is 12.9. The number of hydrogen-bond acceptors (Lipinski definition) is 3. The summed E-state index contributed by atoms with van der Waals surface area (Å²) in [6.45, 7) is 0. The Morgan fingerprint density at radius 3 is 2.24 bits per heavy atom. The van der Waals surface area contributed by atoms with Crippen LogP contribution in [0.5, 0.6) is 5.75 Å². The Hall–Kier alpha value is -5.80. The summed E-state index contributed by atoms with van der Waals surface area (Å²) in [5.74, 6) is 3.37. The summed E-state index contributed by atoms with van der Waals surface area (Å²) in [7, 11) is 0. The van der Waals surface area contributed by atoms with E-state index in [1.165, 1.54) is 55.6 Å². The van der Waals surface area contributed by atoms with Crippen LogP contribution in [0.4, 0.5) is 11.4 Å². The van der Waals surface area contributed by atoms with Crippen LogP contribution >= 0.6 is 0 Å². The van der Waals surface area contributed by atoms with Crippen molar-refractivity contribution in [3.8, 4) is 5.75 Å². The van der Waals surface area contributed by atoms with Gasteiger partial charge >= 0.3 is 0 Å². The fraction of sp³-hybridized carbons (Fsp3) is 0.167. The number of fused-ring (bicyclic) bond motifs is 6. The van der Waals surface area contributed by atoms with Crippen molar-refractivity contribution in [3.05, 3.63) is 196 Å². The normalized spacial score (nSPS) is 19.0. The third-order valence-electron chi connectivity index (χ3n) is 11.2. The molecule has 0 radical (unpaired) electrons. The maximum Gasteiger partial charge on any atom is 0.138 e. The molecule has 0 spiro atoms. The van der Waals surface area contributed by atoms with Gasteiger partial charge in [-0.25, -0.2) is 0 Å². The molecular formula is C48H39NO2. The van der Waals surface area contributed by atoms with E-state index in [0.717, 1.165) is 79.2 Å². The molecule has 2 heterocycles. The monoisotopic (exact) mass is 661 g/mol. The Balaban J connectivity index is 1.01. The number of hydrogen-bond donors (Lipinski definition) is 0. The lowest BCUT2D eigenvalue weighted by Crippen LogP contribution is -2.18. The summed E-state index contributed by atoms with van der Waals surface area (Å²) in [6, 6.07) is 35.0. The number of aryl methyl sites for hydroxylation is 1. The highest BCUT2D eigenvalue weighted by Gasteiger charge is 2.33. The molecule has 0 bridgehead atoms. The van der Waals surface area contributed by atoms with Crippen molar-refractivity contribution in [1.29, 1.82) is 0 Å². The number of furan rings is 1. The Morgan fingerprint density at radius 2 is 1.43 bits per heavy atom. The summed E-state index contributed by atoms with van der Waals surface area (Å²) in [4.78, 5) is 2.44. The molecule has 0 fully saturated rings. The van der Waals surface area contributed by atoms with E-state index in [1.54, 1.807) is 0 Å². The smallest absolute Gasteiger partial charge is 0.138 e. The van der Waals surface area contributed by atoms with Gasteiger partial charge in [-0.2, -0.15) is 0 Å². The van der Waals surface area contributed by atoms with Gasteiger partial charge in [0.1, 0.15) is 22.9 Å². The van der Waals surface area contributed by atoms with E-state index < -0.39 is 0 Å². The molecule has 51 heavy (non-hydrogen) atoms. The molecule has 5 aliphatic rings. The lowest BCUT2D eigenvalue weighted by molar-refractivity contribution is 0.429. The minimum atomic E-state index is 0.286. The largest absolute Gasteiger partial charge is 0.460 e. The molecule has 3 heteroatoms. The number of ether oxygens (including phenoxy) is 1. The topological polar surface area (TPSA) is 25.6 Å². The number of rotatable bonds is 6. The van der Waals surface area contributed by atoms with Gasteiger partial charge in [-0.05, 0) is 110 Å². The molecule has 1 aliphatic heterocycles. The molecule has 0 N–H and O–H groups in total. The lowest BCUT2D eigenvalue weighted by atomic mass is 9.87. The Labute approximate surface area is 299 Å². The molecule has 1 atom stereocenters. The first-order valence-corrected chi connectivity index (χ1v) is 18.4. The van der Waals surface area contributed by atoms with Gasteiger partial charge in [-0.1, -0.05) is 103 Å². The third kappa shape index (κ3) is 5.27. The highest BCUT2D eigenvalue weighted by atomic mass is 16.5. The van der Waals surface area contributed by atoms with Crippen molar-refractivity contribution >= 4 is 33.5 Å². The summed E-state index contributed by atoms with van der Waals surface area (Å²) >= 11 is 0. The zero-order chi connectivity index (χ0) is 33.7. The second-order valence-electron chi connectivity index (χ2n) is 14.1. The maximum atomic E-state index is 6.46. The fourth-order valence-electron chi connectivity index (χ4n) is 8.59. The fourth-order valence-corrected chi connectivity index (χ4v) is 8.59. The van der Waals surface area contributed by atoms with Gasteiger partial charge in [0.2, 0.25) is 0 Å². The van der Waals surface area contributed by atoms with Gasteiger partial charge in [-0.15, -0.1) is 0 Å². The number of nitrogens with zero attached hydrogens (tertiary/aromatic N) is 1. The minimum Gasteiger partial charge on any atom is -0.460 e. The van der Waals surface area contributed by atoms with Crippen LogP contribution in [-0.4, -0.2) is 0 Å². The van der Waals surface area contributed by atoms with Gasteiger partial charge in [-0.3, -0.25) is 0 Å². The van der Waals surface area contributed by atoms with Crippen molar-refractivity contribution in [3.63, 3.8) is 0 Å². The van der Waals surface area contributed by atoms with E-state index in [9.17, 15) is 0 Å². The number of anilines is 2. The van der Waals surface area contributed by atoms with E-state index in [1.807, 2.05) is 0 Å². The predicted molar refractivity (Wildman–Crippen MR) is 209 cm³/mol. The first kappa shape index (κ1) is 30.1. The molecule has 4 aliphatic carbocycles. The van der Waals surface area contributed by atoms with Crippen LogP contribution < -0.4 is 9.64 Å². The number of para-hydroxylation sites is 2. The maximum absolute atomic E-state index is 6.46. The van der Waals surface area contributed by atoms with E-state index in [2.05, 4.69) is 151 Å². The van der Waals surface area contributed by atoms with Gasteiger partial charge in [0.25, 0.3) is 0 Å². The van der Waals surface area contributed by atoms with E-state index in [4.69, 9.17) is 9.15 Å². The van der Waals surface area contributed by atoms with Crippen LogP contribution in [0.15, 0.2) is 173 Å². The van der Waals surface area contributed by atoms with Crippen LogP contribution in [0, 0.1) is 0 Å². The Bertz CT molecular complexity index is 2410. The Morgan fingerprint density at radius 1 is 0.647 bits per heavy atom. The van der Waals surface area contributed by atoms with Crippen LogP contribution in [0.25, 0.3) is 22.1 Å². The average Bonchev–Trinajstić information content (AvgIpc) is 3.78. The van der Waals surface area contributed by atoms with Crippen LogP contribution in [0.1, 0.15) is 72.5 Å². The van der Waals surface area contributed by atoms with E-state index in [0.29, 0.717) is 0 Å². The summed E-state index contributed by atoms with van der Waals surface area (Å²) in [5, 5.41) is 1.24. The molecule has 5 aromatic rings.